The summed E-state index contributed by atoms with van der Waals surface area (Å²) in [4.78, 5) is 14.7. The van der Waals surface area contributed by atoms with E-state index in [1.165, 1.54) is 12.8 Å². The molecule has 1 amide bonds. The summed E-state index contributed by atoms with van der Waals surface area (Å²) in [6.07, 6.45) is 6.49. The largest absolute Gasteiger partial charge is 0.339 e. The molecule has 3 nitrogen and oxygen atoms in total. The first kappa shape index (κ1) is 12.9. The molecule has 0 aromatic carbocycles. The van der Waals surface area contributed by atoms with Gasteiger partial charge < -0.3 is 10.6 Å². The Bertz CT molecular complexity index is 269. The molecule has 2 rings (SSSR count). The molecule has 1 saturated heterocycles. The molecule has 0 aromatic rings. The molecule has 2 aliphatic rings. The lowest BCUT2D eigenvalue weighted by Gasteiger charge is -2.34. The molecule has 17 heavy (non-hydrogen) atoms. The Labute approximate surface area is 105 Å². The average molecular weight is 238 g/mol. The second-order valence-corrected chi connectivity index (χ2v) is 6.01. The average Bonchev–Trinajstić information content (AvgIpc) is 2.74. The maximum absolute atomic E-state index is 12.5. The van der Waals surface area contributed by atoms with E-state index < -0.39 is 0 Å². The highest BCUT2D eigenvalue weighted by molar-refractivity contribution is 5.79. The van der Waals surface area contributed by atoms with Crippen LogP contribution in [-0.4, -0.2) is 29.4 Å². The van der Waals surface area contributed by atoms with Crippen molar-refractivity contribution >= 4 is 5.91 Å². The van der Waals surface area contributed by atoms with E-state index in [0.29, 0.717) is 17.9 Å². The number of hydrogen-bond donors (Lipinski definition) is 1. The Hall–Kier alpha value is -0.570. The van der Waals surface area contributed by atoms with Gasteiger partial charge in [0.2, 0.25) is 5.91 Å². The maximum atomic E-state index is 12.5. The number of carbonyl (C=O) groups is 1. The summed E-state index contributed by atoms with van der Waals surface area (Å²) in [7, 11) is 0. The normalized spacial score (nSPS) is 38.4. The molecule has 1 aliphatic carbocycles. The monoisotopic (exact) mass is 238 g/mol. The number of hydrogen-bond acceptors (Lipinski definition) is 2. The minimum atomic E-state index is 0.195. The Morgan fingerprint density at radius 3 is 2.76 bits per heavy atom. The van der Waals surface area contributed by atoms with Crippen molar-refractivity contribution in [2.24, 2.45) is 17.6 Å². The molecule has 4 unspecified atom stereocenters. The maximum Gasteiger partial charge on any atom is 0.225 e. The Morgan fingerprint density at radius 2 is 2.12 bits per heavy atom. The van der Waals surface area contributed by atoms with Crippen molar-refractivity contribution in [2.75, 3.05) is 6.54 Å². The third-order valence-corrected chi connectivity index (χ3v) is 4.46. The highest BCUT2D eigenvalue weighted by Gasteiger charge is 2.35. The molecular weight excluding hydrogens is 212 g/mol. The summed E-state index contributed by atoms with van der Waals surface area (Å²) in [6, 6.07) is 0.728. The highest BCUT2D eigenvalue weighted by atomic mass is 16.2. The minimum Gasteiger partial charge on any atom is -0.339 e. The molecule has 1 heterocycles. The summed E-state index contributed by atoms with van der Waals surface area (Å²) in [5.74, 6) is 1.19. The molecule has 0 radical (unpaired) electrons. The Balaban J connectivity index is 1.99. The van der Waals surface area contributed by atoms with E-state index in [2.05, 4.69) is 18.7 Å². The molecule has 0 aromatic heterocycles. The van der Waals surface area contributed by atoms with Crippen LogP contribution >= 0.6 is 0 Å². The molecule has 2 N–H and O–H groups in total. The summed E-state index contributed by atoms with van der Waals surface area (Å²) >= 11 is 0. The zero-order valence-electron chi connectivity index (χ0n) is 11.2. The first-order chi connectivity index (χ1) is 8.11. The Kier molecular flexibility index (Phi) is 4.08. The van der Waals surface area contributed by atoms with Crippen molar-refractivity contribution < 1.29 is 4.79 Å². The third-order valence-electron chi connectivity index (χ3n) is 4.46. The van der Waals surface area contributed by atoms with Crippen molar-refractivity contribution in [3.8, 4) is 0 Å². The first-order valence-electron chi connectivity index (χ1n) is 7.17. The van der Waals surface area contributed by atoms with Crippen LogP contribution in [0.2, 0.25) is 0 Å². The molecule has 2 fully saturated rings. The van der Waals surface area contributed by atoms with Crippen LogP contribution in [0.3, 0.4) is 0 Å². The molecule has 1 saturated carbocycles. The van der Waals surface area contributed by atoms with Gasteiger partial charge in [0, 0.05) is 24.5 Å². The van der Waals surface area contributed by atoms with Crippen LogP contribution in [0.25, 0.3) is 0 Å². The lowest BCUT2D eigenvalue weighted by atomic mass is 9.79. The van der Waals surface area contributed by atoms with E-state index in [1.807, 2.05) is 0 Å². The van der Waals surface area contributed by atoms with E-state index in [1.54, 1.807) is 0 Å². The van der Waals surface area contributed by atoms with Gasteiger partial charge >= 0.3 is 0 Å². The second kappa shape index (κ2) is 5.38. The zero-order valence-corrected chi connectivity index (χ0v) is 11.2. The van der Waals surface area contributed by atoms with E-state index in [-0.39, 0.29) is 12.0 Å². The van der Waals surface area contributed by atoms with Gasteiger partial charge in [-0.15, -0.1) is 0 Å². The fourth-order valence-corrected chi connectivity index (χ4v) is 3.64. The van der Waals surface area contributed by atoms with Crippen LogP contribution in [0.5, 0.6) is 0 Å². The fourth-order valence-electron chi connectivity index (χ4n) is 3.64. The van der Waals surface area contributed by atoms with E-state index >= 15 is 0 Å². The van der Waals surface area contributed by atoms with Gasteiger partial charge in [-0.3, -0.25) is 4.79 Å². The topological polar surface area (TPSA) is 46.3 Å². The Morgan fingerprint density at radius 1 is 1.35 bits per heavy atom. The molecule has 3 heteroatoms. The van der Waals surface area contributed by atoms with Crippen molar-refractivity contribution in [1.82, 2.24) is 4.90 Å². The molecule has 0 bridgehead atoms. The molecule has 4 atom stereocenters. The van der Waals surface area contributed by atoms with Crippen LogP contribution in [0, 0.1) is 11.8 Å². The number of nitrogens with zero attached hydrogens (tertiary/aromatic N) is 1. The highest BCUT2D eigenvalue weighted by Crippen LogP contribution is 2.32. The number of rotatable bonds is 2. The summed E-state index contributed by atoms with van der Waals surface area (Å²) in [6.45, 7) is 5.38. The van der Waals surface area contributed by atoms with Gasteiger partial charge in [-0.05, 0) is 44.4 Å². The van der Waals surface area contributed by atoms with Gasteiger partial charge in [-0.25, -0.2) is 0 Å². The quantitative estimate of drug-likeness (QED) is 0.801. The van der Waals surface area contributed by atoms with Crippen molar-refractivity contribution in [3.63, 3.8) is 0 Å². The van der Waals surface area contributed by atoms with Gasteiger partial charge in [-0.1, -0.05) is 13.8 Å². The lowest BCUT2D eigenvalue weighted by molar-refractivity contribution is -0.138. The zero-order chi connectivity index (χ0) is 12.4. The standard InChI is InChI=1S/C14H26N2O/c1-3-13-5-4-6-16(13)14(17)11-7-10(2)8-12(15)9-11/h10-13H,3-9,15H2,1-2H3. The van der Waals surface area contributed by atoms with Crippen LogP contribution in [0.1, 0.15) is 52.4 Å². The summed E-state index contributed by atoms with van der Waals surface area (Å²) in [5.41, 5.74) is 6.05. The van der Waals surface area contributed by atoms with Gasteiger partial charge in [0.15, 0.2) is 0 Å². The van der Waals surface area contributed by atoms with Gasteiger partial charge in [-0.2, -0.15) is 0 Å². The predicted molar refractivity (Wildman–Crippen MR) is 69.5 cm³/mol. The van der Waals surface area contributed by atoms with Gasteiger partial charge in [0.05, 0.1) is 0 Å². The van der Waals surface area contributed by atoms with Crippen molar-refractivity contribution in [2.45, 2.75) is 64.5 Å². The van der Waals surface area contributed by atoms with Crippen molar-refractivity contribution in [1.29, 1.82) is 0 Å². The van der Waals surface area contributed by atoms with E-state index in [9.17, 15) is 4.79 Å². The second-order valence-electron chi connectivity index (χ2n) is 6.01. The fraction of sp³-hybridized carbons (Fsp3) is 0.929. The molecular formula is C14H26N2O. The van der Waals surface area contributed by atoms with Crippen molar-refractivity contribution in [3.05, 3.63) is 0 Å². The molecule has 98 valence electrons. The summed E-state index contributed by atoms with van der Waals surface area (Å²) in [5, 5.41) is 0. The van der Waals surface area contributed by atoms with Gasteiger partial charge in [0.25, 0.3) is 0 Å². The van der Waals surface area contributed by atoms with E-state index in [0.717, 1.165) is 32.2 Å². The molecule has 1 aliphatic heterocycles. The smallest absolute Gasteiger partial charge is 0.225 e. The minimum absolute atomic E-state index is 0.195. The molecule has 0 spiro atoms. The third kappa shape index (κ3) is 2.82. The van der Waals surface area contributed by atoms with Crippen LogP contribution in [-0.2, 0) is 4.79 Å². The van der Waals surface area contributed by atoms with E-state index in [4.69, 9.17) is 5.73 Å². The van der Waals surface area contributed by atoms with Crippen LogP contribution < -0.4 is 5.73 Å². The van der Waals surface area contributed by atoms with Crippen LogP contribution in [0.4, 0.5) is 0 Å². The number of carbonyl (C=O) groups excluding carboxylic acids is 1. The predicted octanol–water partition coefficient (Wildman–Crippen LogP) is 2.15. The summed E-state index contributed by atoms with van der Waals surface area (Å²) < 4.78 is 0. The van der Waals surface area contributed by atoms with Crippen LogP contribution in [0.15, 0.2) is 0 Å². The number of nitrogens with two attached hydrogens (primary N) is 1. The SMILES string of the molecule is CCC1CCCN1C(=O)C1CC(C)CC(N)C1. The lowest BCUT2D eigenvalue weighted by Crippen LogP contribution is -2.44. The number of likely N-dealkylation sites (tertiary alicyclic amines) is 1. The number of amides is 1. The first-order valence-corrected chi connectivity index (χ1v) is 7.17. The van der Waals surface area contributed by atoms with Gasteiger partial charge in [0.1, 0.15) is 0 Å².